The molecule has 1 aromatic carbocycles. The molecule has 0 fully saturated rings. The number of aliphatic imine (C=N–C) groups is 1. The van der Waals surface area contributed by atoms with Gasteiger partial charge in [0.15, 0.2) is 0 Å². The zero-order valence-corrected chi connectivity index (χ0v) is 10.3. The lowest BCUT2D eigenvalue weighted by atomic mass is 9.97. The van der Waals surface area contributed by atoms with Gasteiger partial charge in [0.2, 0.25) is 0 Å². The summed E-state index contributed by atoms with van der Waals surface area (Å²) >= 11 is 5.84. The van der Waals surface area contributed by atoms with Crippen LogP contribution in [-0.2, 0) is 0 Å². The predicted molar refractivity (Wildman–Crippen MR) is 67.3 cm³/mol. The lowest BCUT2D eigenvalue weighted by Crippen LogP contribution is -2.32. The Hall–Kier alpha value is -0.860. The van der Waals surface area contributed by atoms with Gasteiger partial charge in [0, 0.05) is 10.7 Å². The van der Waals surface area contributed by atoms with Crippen LogP contribution >= 0.6 is 11.6 Å². The molecule has 0 aromatic heterocycles. The third-order valence-electron chi connectivity index (χ3n) is 2.96. The lowest BCUT2D eigenvalue weighted by Gasteiger charge is -2.22. The van der Waals surface area contributed by atoms with E-state index in [2.05, 4.69) is 4.99 Å². The first kappa shape index (κ1) is 11.6. The van der Waals surface area contributed by atoms with E-state index in [9.17, 15) is 5.11 Å². The monoisotopic (exact) mass is 237 g/mol. The standard InChI is InChI=1S/C13H16ClNO/c1-13(2,16)12-8-7-11(15-12)9-3-5-10(14)6-4-9/h3-6,12,16H,7-8H2,1-2H3/t12-/m1/s1. The average molecular weight is 238 g/mol. The second kappa shape index (κ2) is 4.19. The second-order valence-corrected chi connectivity index (χ2v) is 5.23. The highest BCUT2D eigenvalue weighted by molar-refractivity contribution is 6.30. The van der Waals surface area contributed by atoms with E-state index in [1.807, 2.05) is 38.1 Å². The van der Waals surface area contributed by atoms with Gasteiger partial charge in [-0.2, -0.15) is 0 Å². The van der Waals surface area contributed by atoms with Crippen molar-refractivity contribution in [3.05, 3.63) is 34.9 Å². The van der Waals surface area contributed by atoms with Crippen LogP contribution in [0.3, 0.4) is 0 Å². The van der Waals surface area contributed by atoms with Crippen LogP contribution in [0.25, 0.3) is 0 Å². The Morgan fingerprint density at radius 1 is 1.31 bits per heavy atom. The number of aliphatic hydroxyl groups is 1. The fourth-order valence-electron chi connectivity index (χ4n) is 1.96. The number of benzene rings is 1. The third kappa shape index (κ3) is 2.45. The van der Waals surface area contributed by atoms with Crippen molar-refractivity contribution in [3.8, 4) is 0 Å². The van der Waals surface area contributed by atoms with E-state index in [-0.39, 0.29) is 6.04 Å². The summed E-state index contributed by atoms with van der Waals surface area (Å²) in [7, 11) is 0. The quantitative estimate of drug-likeness (QED) is 0.843. The summed E-state index contributed by atoms with van der Waals surface area (Å²) in [6, 6.07) is 7.72. The summed E-state index contributed by atoms with van der Waals surface area (Å²) in [5, 5.41) is 10.6. The van der Waals surface area contributed by atoms with E-state index in [1.54, 1.807) is 0 Å². The van der Waals surface area contributed by atoms with E-state index in [0.29, 0.717) is 0 Å². The lowest BCUT2D eigenvalue weighted by molar-refractivity contribution is 0.0535. The fraction of sp³-hybridized carbons (Fsp3) is 0.462. The molecule has 1 N–H and O–H groups in total. The summed E-state index contributed by atoms with van der Waals surface area (Å²) in [6.45, 7) is 3.62. The second-order valence-electron chi connectivity index (χ2n) is 4.79. The topological polar surface area (TPSA) is 32.6 Å². The maximum absolute atomic E-state index is 9.90. The van der Waals surface area contributed by atoms with Crippen LogP contribution in [0.5, 0.6) is 0 Å². The molecule has 1 atom stereocenters. The number of nitrogens with zero attached hydrogens (tertiary/aromatic N) is 1. The summed E-state index contributed by atoms with van der Waals surface area (Å²) in [5.41, 5.74) is 1.45. The minimum absolute atomic E-state index is 0.0122. The van der Waals surface area contributed by atoms with Crippen molar-refractivity contribution < 1.29 is 5.11 Å². The van der Waals surface area contributed by atoms with Crippen LogP contribution in [0.15, 0.2) is 29.3 Å². The van der Waals surface area contributed by atoms with Crippen molar-refractivity contribution in [3.63, 3.8) is 0 Å². The molecule has 1 aliphatic heterocycles. The molecule has 2 nitrogen and oxygen atoms in total. The van der Waals surface area contributed by atoms with Gasteiger partial charge in [0.05, 0.1) is 11.6 Å². The Bertz CT molecular complexity index is 403. The van der Waals surface area contributed by atoms with Crippen molar-refractivity contribution in [2.75, 3.05) is 0 Å². The van der Waals surface area contributed by atoms with Gasteiger partial charge in [-0.1, -0.05) is 23.7 Å². The molecule has 0 spiro atoms. The SMILES string of the molecule is CC(C)(O)[C@H]1CCC(c2ccc(Cl)cc2)=N1. The molecule has 0 radical (unpaired) electrons. The highest BCUT2D eigenvalue weighted by atomic mass is 35.5. The van der Waals surface area contributed by atoms with E-state index in [4.69, 9.17) is 11.6 Å². The number of halogens is 1. The molecule has 0 bridgehead atoms. The smallest absolute Gasteiger partial charge is 0.0814 e. The number of hydrogen-bond acceptors (Lipinski definition) is 2. The van der Waals surface area contributed by atoms with Crippen LogP contribution < -0.4 is 0 Å². The normalized spacial score (nSPS) is 21.0. The Morgan fingerprint density at radius 2 is 1.94 bits per heavy atom. The van der Waals surface area contributed by atoms with Gasteiger partial charge in [-0.15, -0.1) is 0 Å². The zero-order chi connectivity index (χ0) is 11.8. The van der Waals surface area contributed by atoms with E-state index in [1.165, 1.54) is 0 Å². The third-order valence-corrected chi connectivity index (χ3v) is 3.21. The molecule has 0 saturated heterocycles. The van der Waals surface area contributed by atoms with E-state index in [0.717, 1.165) is 29.1 Å². The predicted octanol–water partition coefficient (Wildman–Crippen LogP) is 3.06. The van der Waals surface area contributed by atoms with Gasteiger partial charge in [0.1, 0.15) is 0 Å². The highest BCUT2D eigenvalue weighted by Gasteiger charge is 2.30. The Kier molecular flexibility index (Phi) is 3.04. The Balaban J connectivity index is 2.21. The van der Waals surface area contributed by atoms with Crippen LogP contribution in [0.4, 0.5) is 0 Å². The van der Waals surface area contributed by atoms with Gasteiger partial charge in [-0.25, -0.2) is 0 Å². The van der Waals surface area contributed by atoms with Crippen LogP contribution in [0.1, 0.15) is 32.3 Å². The summed E-state index contributed by atoms with van der Waals surface area (Å²) in [6.07, 6.45) is 1.84. The molecule has 86 valence electrons. The molecular formula is C13H16ClNO. The molecule has 0 unspecified atom stereocenters. The molecular weight excluding hydrogens is 222 g/mol. The number of hydrogen-bond donors (Lipinski definition) is 1. The average Bonchev–Trinajstić information content (AvgIpc) is 2.67. The van der Waals surface area contributed by atoms with Gasteiger partial charge in [0.25, 0.3) is 0 Å². The van der Waals surface area contributed by atoms with Gasteiger partial charge < -0.3 is 5.11 Å². The molecule has 1 aliphatic rings. The van der Waals surface area contributed by atoms with Crippen LogP contribution in [0, 0.1) is 0 Å². The molecule has 1 aromatic rings. The number of rotatable bonds is 2. The largest absolute Gasteiger partial charge is 0.388 e. The summed E-state index contributed by atoms with van der Waals surface area (Å²) < 4.78 is 0. The van der Waals surface area contributed by atoms with Gasteiger partial charge >= 0.3 is 0 Å². The maximum Gasteiger partial charge on any atom is 0.0814 e. The minimum atomic E-state index is -0.728. The van der Waals surface area contributed by atoms with Crippen molar-refractivity contribution >= 4 is 17.3 Å². The first-order chi connectivity index (χ1) is 7.47. The zero-order valence-electron chi connectivity index (χ0n) is 9.57. The molecule has 1 heterocycles. The molecule has 16 heavy (non-hydrogen) atoms. The Labute approximate surface area is 101 Å². The van der Waals surface area contributed by atoms with Crippen LogP contribution in [-0.4, -0.2) is 22.5 Å². The van der Waals surface area contributed by atoms with Crippen molar-refractivity contribution in [2.24, 2.45) is 4.99 Å². The molecule has 2 rings (SSSR count). The summed E-state index contributed by atoms with van der Waals surface area (Å²) in [4.78, 5) is 4.58. The molecule has 0 saturated carbocycles. The minimum Gasteiger partial charge on any atom is -0.388 e. The highest BCUT2D eigenvalue weighted by Crippen LogP contribution is 2.26. The van der Waals surface area contributed by atoms with Gasteiger partial charge in [-0.05, 0) is 44.4 Å². The van der Waals surface area contributed by atoms with E-state index >= 15 is 0 Å². The van der Waals surface area contributed by atoms with E-state index < -0.39 is 5.60 Å². The van der Waals surface area contributed by atoms with Crippen molar-refractivity contribution in [1.29, 1.82) is 0 Å². The molecule has 3 heteroatoms. The maximum atomic E-state index is 9.90. The Morgan fingerprint density at radius 3 is 2.44 bits per heavy atom. The van der Waals surface area contributed by atoms with Gasteiger partial charge in [-0.3, -0.25) is 4.99 Å². The van der Waals surface area contributed by atoms with Crippen molar-refractivity contribution in [1.82, 2.24) is 0 Å². The first-order valence-electron chi connectivity index (χ1n) is 5.52. The first-order valence-corrected chi connectivity index (χ1v) is 5.89. The summed E-state index contributed by atoms with van der Waals surface area (Å²) in [5.74, 6) is 0. The molecule has 0 amide bonds. The van der Waals surface area contributed by atoms with Crippen LogP contribution in [0.2, 0.25) is 5.02 Å². The molecule has 0 aliphatic carbocycles. The fourth-order valence-corrected chi connectivity index (χ4v) is 2.09. The van der Waals surface area contributed by atoms with Crippen molar-refractivity contribution in [2.45, 2.75) is 38.3 Å².